The minimum absolute atomic E-state index is 0.202. The highest BCUT2D eigenvalue weighted by Crippen LogP contribution is 2.61. The van der Waals surface area contributed by atoms with E-state index in [1.165, 1.54) is 5.56 Å². The maximum absolute atomic E-state index is 11.2. The average Bonchev–Trinajstić information content (AvgIpc) is 2.39. The summed E-state index contributed by atoms with van der Waals surface area (Å²) in [4.78, 5) is 36.2. The minimum atomic E-state index is -4.80. The van der Waals surface area contributed by atoms with Crippen LogP contribution in [0.15, 0.2) is 24.3 Å². The van der Waals surface area contributed by atoms with Crippen molar-refractivity contribution in [1.82, 2.24) is 0 Å². The summed E-state index contributed by atoms with van der Waals surface area (Å²) in [6.07, 6.45) is 3.93. The van der Waals surface area contributed by atoms with E-state index in [2.05, 4.69) is 6.92 Å². The number of hydrogen-bond acceptors (Lipinski definition) is 2. The molecule has 0 aliphatic heterocycles. The van der Waals surface area contributed by atoms with Crippen molar-refractivity contribution in [1.29, 1.82) is 0 Å². The van der Waals surface area contributed by atoms with Gasteiger partial charge in [-0.15, -0.1) is 0 Å². The molecule has 0 aliphatic rings. The molecule has 1 rings (SSSR count). The average molecular weight is 350 g/mol. The second-order valence-electron chi connectivity index (χ2n) is 5.47. The molecule has 0 bridgehead atoms. The lowest BCUT2D eigenvalue weighted by Crippen LogP contribution is -2.09. The fourth-order valence-electron chi connectivity index (χ4n) is 2.27. The van der Waals surface area contributed by atoms with E-state index < -0.39 is 20.6 Å². The first-order valence-corrected chi connectivity index (χ1v) is 10.7. The number of hydrogen-bond donors (Lipinski definition) is 4. The van der Waals surface area contributed by atoms with E-state index in [-0.39, 0.29) is 6.42 Å². The second kappa shape index (κ2) is 8.39. The quantitative estimate of drug-likeness (QED) is 0.509. The van der Waals surface area contributed by atoms with Gasteiger partial charge in [0.15, 0.2) is 5.40 Å². The van der Waals surface area contributed by atoms with Gasteiger partial charge in [-0.25, -0.2) is 0 Å². The molecule has 6 nitrogen and oxygen atoms in total. The van der Waals surface area contributed by atoms with Crippen molar-refractivity contribution in [3.8, 4) is 0 Å². The van der Waals surface area contributed by atoms with Gasteiger partial charge in [0.1, 0.15) is 0 Å². The van der Waals surface area contributed by atoms with Crippen molar-refractivity contribution in [2.24, 2.45) is 0 Å². The Morgan fingerprint density at radius 1 is 0.864 bits per heavy atom. The lowest BCUT2D eigenvalue weighted by molar-refractivity contribution is 0.334. The molecule has 0 radical (unpaired) electrons. The summed E-state index contributed by atoms with van der Waals surface area (Å²) >= 11 is 0. The summed E-state index contributed by atoms with van der Waals surface area (Å²) in [7, 11) is -9.60. The lowest BCUT2D eigenvalue weighted by atomic mass is 10.0. The van der Waals surface area contributed by atoms with Gasteiger partial charge in [-0.2, -0.15) is 0 Å². The van der Waals surface area contributed by atoms with Crippen molar-refractivity contribution in [2.45, 2.75) is 50.8 Å². The zero-order chi connectivity index (χ0) is 16.8. The first-order chi connectivity index (χ1) is 10.1. The standard InChI is InChI=1S/C14H24O6P2/c1-2-3-5-12-8-10-13(11-9-12)6-4-7-14(21(15,16)17)22(18,19)20/h8-11,14H,2-7H2,1H3,(H2,15,16,17)(H2,18,19,20). The van der Waals surface area contributed by atoms with Crippen molar-refractivity contribution in [3.05, 3.63) is 35.4 Å². The summed E-state index contributed by atoms with van der Waals surface area (Å²) in [6.45, 7) is 2.13. The van der Waals surface area contributed by atoms with Gasteiger partial charge in [0, 0.05) is 0 Å². The van der Waals surface area contributed by atoms with Crippen LogP contribution in [0.25, 0.3) is 0 Å². The van der Waals surface area contributed by atoms with Crippen LogP contribution in [-0.4, -0.2) is 25.0 Å². The summed E-state index contributed by atoms with van der Waals surface area (Å²) in [5.74, 6) is 0. The van der Waals surface area contributed by atoms with E-state index in [0.717, 1.165) is 24.8 Å². The molecular formula is C14H24O6P2. The molecule has 0 aromatic heterocycles. The number of aryl methyl sites for hydroxylation is 2. The van der Waals surface area contributed by atoms with Crippen LogP contribution in [0.2, 0.25) is 0 Å². The van der Waals surface area contributed by atoms with Crippen LogP contribution in [0.3, 0.4) is 0 Å². The Kier molecular flexibility index (Phi) is 7.47. The predicted octanol–water partition coefficient (Wildman–Crippen LogP) is 3.03. The Balaban J connectivity index is 2.55. The van der Waals surface area contributed by atoms with Crippen molar-refractivity contribution in [2.75, 3.05) is 0 Å². The number of rotatable bonds is 9. The van der Waals surface area contributed by atoms with Crippen LogP contribution in [0.1, 0.15) is 43.7 Å². The number of unbranched alkanes of at least 4 members (excludes halogenated alkanes) is 1. The molecule has 0 amide bonds. The van der Waals surface area contributed by atoms with Crippen molar-refractivity contribution >= 4 is 15.2 Å². The third-order valence-electron chi connectivity index (χ3n) is 3.55. The van der Waals surface area contributed by atoms with Gasteiger partial charge in [-0.1, -0.05) is 37.6 Å². The van der Waals surface area contributed by atoms with Crippen LogP contribution in [0, 0.1) is 0 Å². The Morgan fingerprint density at radius 2 is 1.27 bits per heavy atom. The van der Waals surface area contributed by atoms with Gasteiger partial charge in [-0.05, 0) is 43.2 Å². The number of benzene rings is 1. The fraction of sp³-hybridized carbons (Fsp3) is 0.571. The van der Waals surface area contributed by atoms with Crippen LogP contribution in [0.5, 0.6) is 0 Å². The summed E-state index contributed by atoms with van der Waals surface area (Å²) in [6, 6.07) is 7.95. The molecule has 0 aliphatic carbocycles. The molecular weight excluding hydrogens is 326 g/mol. The first-order valence-electron chi connectivity index (χ1n) is 7.33. The molecule has 1 aromatic rings. The fourth-order valence-corrected chi connectivity index (χ4v) is 4.88. The molecule has 0 atom stereocenters. The van der Waals surface area contributed by atoms with Gasteiger partial charge in [0.2, 0.25) is 0 Å². The largest absolute Gasteiger partial charge is 0.340 e. The van der Waals surface area contributed by atoms with Crippen LogP contribution >= 0.6 is 15.2 Å². The van der Waals surface area contributed by atoms with Crippen LogP contribution in [0.4, 0.5) is 0 Å². The molecule has 22 heavy (non-hydrogen) atoms. The normalized spacial score (nSPS) is 12.8. The zero-order valence-corrected chi connectivity index (χ0v) is 14.4. The highest BCUT2D eigenvalue weighted by Gasteiger charge is 2.42. The Labute approximate surface area is 130 Å². The Morgan fingerprint density at radius 3 is 1.64 bits per heavy atom. The molecule has 126 valence electrons. The van der Waals surface area contributed by atoms with Crippen molar-refractivity contribution < 1.29 is 28.7 Å². The molecule has 4 N–H and O–H groups in total. The lowest BCUT2D eigenvalue weighted by Gasteiger charge is -2.19. The highest BCUT2D eigenvalue weighted by atomic mass is 31.2. The molecule has 0 saturated heterocycles. The van der Waals surface area contributed by atoms with E-state index in [1.54, 1.807) is 0 Å². The van der Waals surface area contributed by atoms with Gasteiger partial charge in [0.05, 0.1) is 0 Å². The molecule has 0 saturated carbocycles. The van der Waals surface area contributed by atoms with E-state index in [9.17, 15) is 9.13 Å². The Hall–Kier alpha value is -0.480. The molecule has 0 unspecified atom stereocenters. The molecule has 0 spiro atoms. The van der Waals surface area contributed by atoms with E-state index in [1.807, 2.05) is 24.3 Å². The van der Waals surface area contributed by atoms with Gasteiger partial charge in [0.25, 0.3) is 0 Å². The van der Waals surface area contributed by atoms with Crippen molar-refractivity contribution in [3.63, 3.8) is 0 Å². The first kappa shape index (κ1) is 19.6. The third kappa shape index (κ3) is 6.74. The van der Waals surface area contributed by atoms with Crippen LogP contribution < -0.4 is 0 Å². The van der Waals surface area contributed by atoms with Gasteiger partial charge >= 0.3 is 15.2 Å². The minimum Gasteiger partial charge on any atom is -0.324 e. The topological polar surface area (TPSA) is 115 Å². The molecule has 0 heterocycles. The maximum Gasteiger partial charge on any atom is 0.340 e. The monoisotopic (exact) mass is 350 g/mol. The second-order valence-corrected chi connectivity index (χ2v) is 9.48. The zero-order valence-electron chi connectivity index (χ0n) is 12.6. The molecule has 0 fully saturated rings. The summed E-state index contributed by atoms with van der Waals surface area (Å²) in [5, 5.41) is -1.90. The maximum atomic E-state index is 11.2. The Bertz CT molecular complexity index is 523. The van der Waals surface area contributed by atoms with Gasteiger partial charge in [-0.3, -0.25) is 9.13 Å². The summed E-state index contributed by atoms with van der Waals surface area (Å²) < 4.78 is 22.3. The van der Waals surface area contributed by atoms with Crippen LogP contribution in [-0.2, 0) is 22.0 Å². The highest BCUT2D eigenvalue weighted by molar-refractivity contribution is 7.70. The molecule has 1 aromatic carbocycles. The van der Waals surface area contributed by atoms with E-state index >= 15 is 0 Å². The third-order valence-corrected chi connectivity index (χ3v) is 7.42. The summed E-state index contributed by atoms with van der Waals surface area (Å²) in [5.41, 5.74) is 2.24. The predicted molar refractivity (Wildman–Crippen MR) is 85.9 cm³/mol. The van der Waals surface area contributed by atoms with E-state index in [0.29, 0.717) is 12.8 Å². The van der Waals surface area contributed by atoms with Gasteiger partial charge < -0.3 is 19.6 Å². The smallest absolute Gasteiger partial charge is 0.324 e. The molecule has 8 heteroatoms. The van der Waals surface area contributed by atoms with E-state index in [4.69, 9.17) is 19.6 Å². The SMILES string of the molecule is CCCCc1ccc(CCCC(P(=O)(O)O)P(=O)(O)O)cc1.